The van der Waals surface area contributed by atoms with Crippen LogP contribution in [0, 0.1) is 0 Å². The Balaban J connectivity index is 1.57. The van der Waals surface area contributed by atoms with E-state index in [1.807, 2.05) is 12.1 Å². The second-order valence-electron chi connectivity index (χ2n) is 5.43. The van der Waals surface area contributed by atoms with Gasteiger partial charge in [0.15, 0.2) is 11.2 Å². The molecular formula is C15H19N3O3S. The SMILES string of the molecule is C[C@H]1Oc2ccc(NC(=S)NC[C@@H]3CCCO3)cc2NC1=O. The minimum Gasteiger partial charge on any atom is -0.479 e. The highest BCUT2D eigenvalue weighted by molar-refractivity contribution is 7.80. The lowest BCUT2D eigenvalue weighted by Gasteiger charge is -2.24. The topological polar surface area (TPSA) is 71.6 Å². The minimum atomic E-state index is -0.472. The number of amides is 1. The second-order valence-corrected chi connectivity index (χ2v) is 5.84. The first-order valence-electron chi connectivity index (χ1n) is 7.40. The quantitative estimate of drug-likeness (QED) is 0.738. The van der Waals surface area contributed by atoms with E-state index >= 15 is 0 Å². The number of anilines is 2. The normalized spacial score (nSPS) is 23.2. The molecule has 3 N–H and O–H groups in total. The Bertz CT molecular complexity index is 587. The van der Waals surface area contributed by atoms with E-state index in [0.29, 0.717) is 23.1 Å². The third-order valence-electron chi connectivity index (χ3n) is 3.68. The number of nitrogens with one attached hydrogen (secondary N) is 3. The van der Waals surface area contributed by atoms with Gasteiger partial charge in [-0.05, 0) is 50.2 Å². The van der Waals surface area contributed by atoms with Crippen LogP contribution in [0.5, 0.6) is 5.75 Å². The van der Waals surface area contributed by atoms with Gasteiger partial charge in [-0.1, -0.05) is 0 Å². The lowest BCUT2D eigenvalue weighted by atomic mass is 10.2. The molecule has 0 unspecified atom stereocenters. The maximum Gasteiger partial charge on any atom is 0.265 e. The van der Waals surface area contributed by atoms with Crippen LogP contribution < -0.4 is 20.7 Å². The van der Waals surface area contributed by atoms with Crippen LogP contribution >= 0.6 is 12.2 Å². The number of hydrogen-bond donors (Lipinski definition) is 3. The van der Waals surface area contributed by atoms with Gasteiger partial charge in [0.1, 0.15) is 5.75 Å². The Labute approximate surface area is 134 Å². The summed E-state index contributed by atoms with van der Waals surface area (Å²) in [7, 11) is 0. The molecule has 2 heterocycles. The van der Waals surface area contributed by atoms with Gasteiger partial charge >= 0.3 is 0 Å². The van der Waals surface area contributed by atoms with Gasteiger partial charge < -0.3 is 25.4 Å². The van der Waals surface area contributed by atoms with Gasteiger partial charge in [-0.15, -0.1) is 0 Å². The van der Waals surface area contributed by atoms with Crippen molar-refractivity contribution < 1.29 is 14.3 Å². The van der Waals surface area contributed by atoms with Crippen molar-refractivity contribution in [2.24, 2.45) is 0 Å². The standard InChI is InChI=1S/C15H19N3O3S/c1-9-14(19)18-12-7-10(4-5-13(12)21-9)17-15(22)16-8-11-3-2-6-20-11/h4-5,7,9,11H,2-3,6,8H2,1H3,(H,18,19)(H2,16,17,22)/t9-,11+/m1/s1. The van der Waals surface area contributed by atoms with E-state index in [0.717, 1.165) is 25.1 Å². The number of rotatable bonds is 3. The molecule has 0 spiro atoms. The first-order chi connectivity index (χ1) is 10.6. The molecule has 1 saturated heterocycles. The Morgan fingerprint density at radius 1 is 1.50 bits per heavy atom. The molecule has 2 aliphatic rings. The first-order valence-corrected chi connectivity index (χ1v) is 7.80. The summed E-state index contributed by atoms with van der Waals surface area (Å²) in [5.74, 6) is 0.514. The Hall–Kier alpha value is -1.86. The molecule has 1 amide bonds. The van der Waals surface area contributed by atoms with Crippen molar-refractivity contribution in [3.05, 3.63) is 18.2 Å². The monoisotopic (exact) mass is 321 g/mol. The van der Waals surface area contributed by atoms with Crippen molar-refractivity contribution in [3.63, 3.8) is 0 Å². The highest BCUT2D eigenvalue weighted by atomic mass is 32.1. The van der Waals surface area contributed by atoms with Crippen molar-refractivity contribution in [3.8, 4) is 5.75 Å². The summed E-state index contributed by atoms with van der Waals surface area (Å²) in [4.78, 5) is 11.6. The largest absolute Gasteiger partial charge is 0.479 e. The van der Waals surface area contributed by atoms with Crippen LogP contribution in [0.15, 0.2) is 18.2 Å². The van der Waals surface area contributed by atoms with Crippen molar-refractivity contribution >= 4 is 34.6 Å². The summed E-state index contributed by atoms with van der Waals surface area (Å²) in [6.45, 7) is 3.25. The molecule has 22 heavy (non-hydrogen) atoms. The van der Waals surface area contributed by atoms with Gasteiger partial charge in [0.05, 0.1) is 11.8 Å². The zero-order valence-corrected chi connectivity index (χ0v) is 13.2. The average molecular weight is 321 g/mol. The molecular weight excluding hydrogens is 302 g/mol. The first kappa shape index (κ1) is 15.1. The van der Waals surface area contributed by atoms with Gasteiger partial charge in [0, 0.05) is 18.8 Å². The molecule has 2 atom stereocenters. The Morgan fingerprint density at radius 2 is 2.36 bits per heavy atom. The molecule has 7 heteroatoms. The molecule has 1 aromatic carbocycles. The Kier molecular flexibility index (Phi) is 4.44. The van der Waals surface area contributed by atoms with E-state index in [1.54, 1.807) is 13.0 Å². The van der Waals surface area contributed by atoms with Crippen LogP contribution in [0.25, 0.3) is 0 Å². The van der Waals surface area contributed by atoms with Crippen molar-refractivity contribution in [1.82, 2.24) is 5.32 Å². The third-order valence-corrected chi connectivity index (χ3v) is 3.93. The zero-order chi connectivity index (χ0) is 15.5. The fraction of sp³-hybridized carbons (Fsp3) is 0.467. The number of benzene rings is 1. The molecule has 1 aromatic rings. The molecule has 1 fully saturated rings. The molecule has 3 rings (SSSR count). The van der Waals surface area contributed by atoms with Crippen LogP contribution in [0.3, 0.4) is 0 Å². The zero-order valence-electron chi connectivity index (χ0n) is 12.3. The van der Waals surface area contributed by atoms with E-state index in [-0.39, 0.29) is 12.0 Å². The van der Waals surface area contributed by atoms with Crippen LogP contribution in [0.1, 0.15) is 19.8 Å². The van der Waals surface area contributed by atoms with Gasteiger partial charge in [0.25, 0.3) is 5.91 Å². The summed E-state index contributed by atoms with van der Waals surface area (Å²) in [5, 5.41) is 9.59. The smallest absolute Gasteiger partial charge is 0.265 e. The van der Waals surface area contributed by atoms with Gasteiger partial charge in [0.2, 0.25) is 0 Å². The van der Waals surface area contributed by atoms with E-state index in [1.165, 1.54) is 0 Å². The highest BCUT2D eigenvalue weighted by Crippen LogP contribution is 2.32. The number of hydrogen-bond acceptors (Lipinski definition) is 4. The van der Waals surface area contributed by atoms with Crippen molar-refractivity contribution in [2.45, 2.75) is 32.0 Å². The molecule has 6 nitrogen and oxygen atoms in total. The predicted molar refractivity (Wildman–Crippen MR) is 88.4 cm³/mol. The maximum atomic E-state index is 11.6. The fourth-order valence-corrected chi connectivity index (χ4v) is 2.67. The summed E-state index contributed by atoms with van der Waals surface area (Å²) >= 11 is 5.27. The molecule has 0 saturated carbocycles. The Morgan fingerprint density at radius 3 is 3.14 bits per heavy atom. The minimum absolute atomic E-state index is 0.149. The van der Waals surface area contributed by atoms with E-state index in [9.17, 15) is 4.79 Å². The number of fused-ring (bicyclic) bond motifs is 1. The lowest BCUT2D eigenvalue weighted by Crippen LogP contribution is -2.35. The summed E-state index contributed by atoms with van der Waals surface area (Å²) in [5.41, 5.74) is 1.44. The number of thiocarbonyl (C=S) groups is 1. The van der Waals surface area contributed by atoms with Crippen molar-refractivity contribution in [1.29, 1.82) is 0 Å². The molecule has 2 aliphatic heterocycles. The van der Waals surface area contributed by atoms with Crippen LogP contribution in [-0.2, 0) is 9.53 Å². The second kappa shape index (κ2) is 6.50. The van der Waals surface area contributed by atoms with Crippen LogP contribution in [-0.4, -0.2) is 36.4 Å². The van der Waals surface area contributed by atoms with E-state index in [2.05, 4.69) is 16.0 Å². The van der Waals surface area contributed by atoms with Gasteiger partial charge in [-0.3, -0.25) is 4.79 Å². The number of carbonyl (C=O) groups excluding carboxylic acids is 1. The highest BCUT2D eigenvalue weighted by Gasteiger charge is 2.23. The summed E-state index contributed by atoms with van der Waals surface area (Å²) in [6, 6.07) is 5.48. The molecule has 118 valence electrons. The van der Waals surface area contributed by atoms with E-state index < -0.39 is 6.10 Å². The number of carbonyl (C=O) groups is 1. The molecule has 0 radical (unpaired) electrons. The predicted octanol–water partition coefficient (Wildman–Crippen LogP) is 1.87. The number of ether oxygens (including phenoxy) is 2. The van der Waals surface area contributed by atoms with Crippen LogP contribution in [0.4, 0.5) is 11.4 Å². The fourth-order valence-electron chi connectivity index (χ4n) is 2.47. The van der Waals surface area contributed by atoms with E-state index in [4.69, 9.17) is 21.7 Å². The molecule has 0 aromatic heterocycles. The maximum absolute atomic E-state index is 11.6. The molecule has 0 bridgehead atoms. The molecule has 0 aliphatic carbocycles. The van der Waals surface area contributed by atoms with Crippen molar-refractivity contribution in [2.75, 3.05) is 23.8 Å². The third kappa shape index (κ3) is 3.48. The van der Waals surface area contributed by atoms with Crippen LogP contribution in [0.2, 0.25) is 0 Å². The van der Waals surface area contributed by atoms with Gasteiger partial charge in [-0.2, -0.15) is 0 Å². The lowest BCUT2D eigenvalue weighted by molar-refractivity contribution is -0.122. The summed E-state index contributed by atoms with van der Waals surface area (Å²) < 4.78 is 11.1. The van der Waals surface area contributed by atoms with Gasteiger partial charge in [-0.25, -0.2) is 0 Å². The summed E-state index contributed by atoms with van der Waals surface area (Å²) in [6.07, 6.45) is 1.93. The average Bonchev–Trinajstić information content (AvgIpc) is 3.00.